The van der Waals surface area contributed by atoms with Gasteiger partial charge >= 0.3 is 11.9 Å². The van der Waals surface area contributed by atoms with Crippen molar-refractivity contribution < 1.29 is 47.5 Å². The van der Waals surface area contributed by atoms with Crippen LogP contribution >= 0.6 is 0 Å². The fourth-order valence-electron chi connectivity index (χ4n) is 9.72. The summed E-state index contributed by atoms with van der Waals surface area (Å²) in [5.74, 6) is 1.41. The molecule has 2 aliphatic carbocycles. The van der Waals surface area contributed by atoms with Crippen LogP contribution in [-0.4, -0.2) is 64.9 Å². The van der Waals surface area contributed by atoms with Crippen LogP contribution in [0, 0.1) is 29.6 Å². The number of carbonyl (C=O) groups excluding carboxylic acids is 4. The summed E-state index contributed by atoms with van der Waals surface area (Å²) in [6.07, 6.45) is 9.98. The average molecular weight is 969 g/mol. The standard InChI is InChI=1S/C29H43NO5.C29H41NO5/c2*1-20(2)13-14-22-15-16-24(31)26-27(30-35-28(22)26)23(18-25(32)34-29(3,4)5)12-9-17-33-19-21-10-7-6-8-11-21/h6-8,10-11,20,22-23,26,28H,9,12-19H2,1-5H3;6-8,10-11,20,22-23H,9,12-19H2,1-5H3/t22?,23-,26?,28?;22?,23-/m00/s1. The number of ketones is 2. The van der Waals surface area contributed by atoms with Gasteiger partial charge in [0, 0.05) is 49.7 Å². The lowest BCUT2D eigenvalue weighted by Gasteiger charge is -2.32. The van der Waals surface area contributed by atoms with Gasteiger partial charge in [0.1, 0.15) is 23.1 Å². The fraction of sp³-hybridized carbons (Fsp3) is 0.655. The molecule has 70 heavy (non-hydrogen) atoms. The predicted molar refractivity (Wildman–Crippen MR) is 272 cm³/mol. The minimum absolute atomic E-state index is 0.0755. The minimum atomic E-state index is -0.568. The van der Waals surface area contributed by atoms with E-state index < -0.39 is 11.2 Å². The zero-order valence-electron chi connectivity index (χ0n) is 44.1. The van der Waals surface area contributed by atoms with Crippen molar-refractivity contribution in [3.8, 4) is 0 Å². The van der Waals surface area contributed by atoms with Crippen molar-refractivity contribution in [1.29, 1.82) is 0 Å². The second-order valence-electron chi connectivity index (χ2n) is 22.6. The molecule has 2 heterocycles. The number of ether oxygens (including phenoxy) is 4. The summed E-state index contributed by atoms with van der Waals surface area (Å²) in [5.41, 5.74) is 3.11. The number of nitrogens with zero attached hydrogens (tertiary/aromatic N) is 2. The second-order valence-corrected chi connectivity index (χ2v) is 22.6. The Kier molecular flexibility index (Phi) is 21.9. The first-order valence-electron chi connectivity index (χ1n) is 26.2. The summed E-state index contributed by atoms with van der Waals surface area (Å²) >= 11 is 0. The highest BCUT2D eigenvalue weighted by molar-refractivity contribution is 6.08. The topological polar surface area (TPSA) is 153 Å². The molecule has 3 aliphatic rings. The van der Waals surface area contributed by atoms with Crippen molar-refractivity contribution in [2.75, 3.05) is 13.2 Å². The quantitative estimate of drug-likeness (QED) is 0.0623. The van der Waals surface area contributed by atoms with E-state index in [0.717, 1.165) is 68.2 Å². The van der Waals surface area contributed by atoms with Crippen LogP contribution in [-0.2, 0) is 51.4 Å². The molecule has 0 spiro atoms. The van der Waals surface area contributed by atoms with Crippen LogP contribution in [0.5, 0.6) is 0 Å². The van der Waals surface area contributed by atoms with Gasteiger partial charge in [0.25, 0.3) is 0 Å². The number of aromatic nitrogens is 1. The third kappa shape index (κ3) is 18.5. The molecule has 1 saturated carbocycles. The minimum Gasteiger partial charge on any atom is -0.460 e. The molecule has 12 nitrogen and oxygen atoms in total. The fourth-order valence-corrected chi connectivity index (χ4v) is 9.72. The molecule has 12 heteroatoms. The van der Waals surface area contributed by atoms with Crippen LogP contribution in [0.15, 0.2) is 70.3 Å². The smallest absolute Gasteiger partial charge is 0.306 e. The maximum absolute atomic E-state index is 13.0. The van der Waals surface area contributed by atoms with Gasteiger partial charge in [-0.1, -0.05) is 112 Å². The third-order valence-corrected chi connectivity index (χ3v) is 13.2. The van der Waals surface area contributed by atoms with Gasteiger partial charge in [-0.3, -0.25) is 19.2 Å². The zero-order valence-corrected chi connectivity index (χ0v) is 44.1. The highest BCUT2D eigenvalue weighted by Crippen LogP contribution is 2.42. The van der Waals surface area contributed by atoms with Gasteiger partial charge in [0.05, 0.1) is 48.9 Å². The molecule has 2 aromatic carbocycles. The van der Waals surface area contributed by atoms with E-state index in [-0.39, 0.29) is 66.1 Å². The zero-order chi connectivity index (χ0) is 50.8. The molecular formula is C58H84N2O10. The Hall–Kier alpha value is -4.68. The number of Topliss-reactive ketones (excluding diaryl/α,β-unsaturated/α-hetero) is 2. The van der Waals surface area contributed by atoms with Gasteiger partial charge < -0.3 is 28.3 Å². The van der Waals surface area contributed by atoms with Crippen LogP contribution in [0.2, 0.25) is 0 Å². The monoisotopic (exact) mass is 969 g/mol. The third-order valence-electron chi connectivity index (χ3n) is 13.2. The maximum Gasteiger partial charge on any atom is 0.306 e. The van der Waals surface area contributed by atoms with E-state index in [1.807, 2.05) is 102 Å². The van der Waals surface area contributed by atoms with E-state index in [4.69, 9.17) is 28.3 Å². The van der Waals surface area contributed by atoms with Gasteiger partial charge in [-0.15, -0.1) is 0 Å². The first kappa shape index (κ1) is 56.2. The number of fused-ring (bicyclic) bond motifs is 2. The van der Waals surface area contributed by atoms with E-state index in [1.165, 1.54) is 0 Å². The second kappa shape index (κ2) is 27.2. The summed E-state index contributed by atoms with van der Waals surface area (Å²) < 4.78 is 28.7. The van der Waals surface area contributed by atoms with Crippen molar-refractivity contribution in [1.82, 2.24) is 5.16 Å². The molecule has 0 saturated heterocycles. The van der Waals surface area contributed by atoms with Gasteiger partial charge in [0.2, 0.25) is 0 Å². The molecule has 0 bridgehead atoms. The predicted octanol–water partition coefficient (Wildman–Crippen LogP) is 13.1. The summed E-state index contributed by atoms with van der Waals surface area (Å²) in [7, 11) is 0. The molecule has 3 aromatic rings. The Bertz CT molecular complexity index is 2120. The number of hydrogen-bond acceptors (Lipinski definition) is 12. The molecule has 1 fully saturated rings. The first-order chi connectivity index (χ1) is 33.3. The lowest BCUT2D eigenvalue weighted by atomic mass is 9.71. The number of oxime groups is 1. The Morgan fingerprint density at radius 3 is 1.76 bits per heavy atom. The van der Waals surface area contributed by atoms with Crippen LogP contribution < -0.4 is 0 Å². The Balaban J connectivity index is 0.000000261. The number of benzene rings is 2. The van der Waals surface area contributed by atoms with E-state index in [9.17, 15) is 19.2 Å². The largest absolute Gasteiger partial charge is 0.460 e. The lowest BCUT2D eigenvalue weighted by molar-refractivity contribution is -0.156. The van der Waals surface area contributed by atoms with Crippen LogP contribution in [0.4, 0.5) is 0 Å². The highest BCUT2D eigenvalue weighted by atomic mass is 16.6. The SMILES string of the molecule is CC(C)CCC1CCC(=O)C2C([C@@H](CCCOCc3ccccc3)CC(=O)OC(C)(C)C)=NOC12.CC(C)CCC1CCC(=O)c2c([C@@H](CCCOCc3ccccc3)CC(=O)OC(C)(C)C)noc21. The van der Waals surface area contributed by atoms with E-state index >= 15 is 0 Å². The Morgan fingerprint density at radius 2 is 1.21 bits per heavy atom. The summed E-state index contributed by atoms with van der Waals surface area (Å²) in [4.78, 5) is 57.4. The molecule has 1 aliphatic heterocycles. The number of rotatable bonds is 24. The number of hydrogen-bond donors (Lipinski definition) is 0. The Morgan fingerprint density at radius 1 is 0.686 bits per heavy atom. The Labute approximate surface area is 418 Å². The van der Waals surface area contributed by atoms with E-state index in [1.54, 1.807) is 0 Å². The molecule has 6 atom stereocenters. The molecule has 1 aromatic heterocycles. The van der Waals surface area contributed by atoms with Crippen molar-refractivity contribution in [2.24, 2.45) is 34.7 Å². The number of carbonyl (C=O) groups is 4. The van der Waals surface area contributed by atoms with Crippen molar-refractivity contribution in [3.05, 3.63) is 88.8 Å². The first-order valence-corrected chi connectivity index (χ1v) is 26.2. The van der Waals surface area contributed by atoms with E-state index in [0.29, 0.717) is 86.9 Å². The molecule has 6 rings (SSSR count). The number of esters is 2. The molecule has 0 radical (unpaired) electrons. The van der Waals surface area contributed by atoms with Crippen LogP contribution in [0.3, 0.4) is 0 Å². The lowest BCUT2D eigenvalue weighted by Crippen LogP contribution is -2.43. The maximum atomic E-state index is 13.0. The molecule has 386 valence electrons. The normalized spacial score (nSPS) is 19.9. The molecule has 0 amide bonds. The summed E-state index contributed by atoms with van der Waals surface area (Å²) in [6, 6.07) is 20.1. The van der Waals surface area contributed by atoms with Gasteiger partial charge in [-0.25, -0.2) is 0 Å². The molecule has 0 N–H and O–H groups in total. The summed E-state index contributed by atoms with van der Waals surface area (Å²) in [5, 5.41) is 8.83. The van der Waals surface area contributed by atoms with Crippen LogP contribution in [0.1, 0.15) is 204 Å². The van der Waals surface area contributed by atoms with Crippen LogP contribution in [0.25, 0.3) is 0 Å². The van der Waals surface area contributed by atoms with Crippen molar-refractivity contribution in [3.63, 3.8) is 0 Å². The average Bonchev–Trinajstić information content (AvgIpc) is 3.95. The van der Waals surface area contributed by atoms with Crippen molar-refractivity contribution in [2.45, 2.75) is 201 Å². The van der Waals surface area contributed by atoms with Gasteiger partial charge in [-0.2, -0.15) is 0 Å². The van der Waals surface area contributed by atoms with Crippen molar-refractivity contribution >= 4 is 29.2 Å². The highest BCUT2D eigenvalue weighted by Gasteiger charge is 2.49. The van der Waals surface area contributed by atoms with Gasteiger partial charge in [-0.05, 0) is 116 Å². The van der Waals surface area contributed by atoms with Gasteiger partial charge in [0.15, 0.2) is 11.5 Å². The molecule has 4 unspecified atom stereocenters. The van der Waals surface area contributed by atoms with E-state index in [2.05, 4.69) is 38.0 Å². The molecular weight excluding hydrogens is 885 g/mol. The summed E-state index contributed by atoms with van der Waals surface area (Å²) in [6.45, 7) is 22.3.